The molecule has 0 saturated heterocycles. The Bertz CT molecular complexity index is 326. The smallest absolute Gasteiger partial charge is 0.123 e. The van der Waals surface area contributed by atoms with Crippen LogP contribution in [0.5, 0.6) is 0 Å². The van der Waals surface area contributed by atoms with Gasteiger partial charge in [0.05, 0.1) is 6.10 Å². The SMILES string of the molecule is NCC1(C(O)c2ccc(F)cc2)CCC1. The Kier molecular flexibility index (Phi) is 2.76. The highest BCUT2D eigenvalue weighted by Gasteiger charge is 2.42. The molecule has 0 bridgehead atoms. The van der Waals surface area contributed by atoms with Gasteiger partial charge in [-0.3, -0.25) is 0 Å². The van der Waals surface area contributed by atoms with Gasteiger partial charge in [0.2, 0.25) is 0 Å². The molecule has 1 unspecified atom stereocenters. The van der Waals surface area contributed by atoms with Gasteiger partial charge in [0, 0.05) is 12.0 Å². The zero-order chi connectivity index (χ0) is 10.9. The van der Waals surface area contributed by atoms with Crippen molar-refractivity contribution in [3.8, 4) is 0 Å². The third kappa shape index (κ3) is 1.77. The number of nitrogens with two attached hydrogens (primary N) is 1. The predicted molar refractivity (Wildman–Crippen MR) is 56.7 cm³/mol. The summed E-state index contributed by atoms with van der Waals surface area (Å²) < 4.78 is 12.7. The summed E-state index contributed by atoms with van der Waals surface area (Å²) in [6.07, 6.45) is 2.48. The van der Waals surface area contributed by atoms with Crippen LogP contribution in [0.1, 0.15) is 30.9 Å². The average molecular weight is 209 g/mol. The van der Waals surface area contributed by atoms with Crippen LogP contribution in [-0.2, 0) is 0 Å². The molecule has 82 valence electrons. The fourth-order valence-corrected chi connectivity index (χ4v) is 2.22. The van der Waals surface area contributed by atoms with Crippen LogP contribution >= 0.6 is 0 Å². The van der Waals surface area contributed by atoms with Gasteiger partial charge in [-0.2, -0.15) is 0 Å². The molecular formula is C12H16FNO. The lowest BCUT2D eigenvalue weighted by Gasteiger charge is -2.44. The molecular weight excluding hydrogens is 193 g/mol. The highest BCUT2D eigenvalue weighted by atomic mass is 19.1. The molecule has 0 aliphatic heterocycles. The Labute approximate surface area is 88.9 Å². The molecule has 0 heterocycles. The van der Waals surface area contributed by atoms with E-state index in [1.807, 2.05) is 0 Å². The van der Waals surface area contributed by atoms with Crippen molar-refractivity contribution in [3.05, 3.63) is 35.6 Å². The van der Waals surface area contributed by atoms with Crippen LogP contribution in [0.2, 0.25) is 0 Å². The van der Waals surface area contributed by atoms with Gasteiger partial charge in [-0.25, -0.2) is 4.39 Å². The first-order valence-corrected chi connectivity index (χ1v) is 5.31. The maximum absolute atomic E-state index is 12.7. The van der Waals surface area contributed by atoms with Crippen LogP contribution in [0.3, 0.4) is 0 Å². The molecule has 2 rings (SSSR count). The maximum Gasteiger partial charge on any atom is 0.123 e. The Morgan fingerprint density at radius 1 is 1.33 bits per heavy atom. The van der Waals surface area contributed by atoms with Crippen molar-refractivity contribution in [1.29, 1.82) is 0 Å². The van der Waals surface area contributed by atoms with Crippen LogP contribution in [0, 0.1) is 11.2 Å². The molecule has 1 aromatic carbocycles. The normalized spacial score (nSPS) is 20.7. The van der Waals surface area contributed by atoms with E-state index < -0.39 is 6.10 Å². The van der Waals surface area contributed by atoms with E-state index in [2.05, 4.69) is 0 Å². The van der Waals surface area contributed by atoms with Crippen molar-refractivity contribution < 1.29 is 9.50 Å². The van der Waals surface area contributed by atoms with Crippen molar-refractivity contribution in [2.75, 3.05) is 6.54 Å². The molecule has 1 aliphatic carbocycles. The van der Waals surface area contributed by atoms with E-state index in [0.717, 1.165) is 24.8 Å². The number of halogens is 1. The topological polar surface area (TPSA) is 46.2 Å². The molecule has 3 N–H and O–H groups in total. The minimum absolute atomic E-state index is 0.169. The number of benzene rings is 1. The second-order valence-corrected chi connectivity index (χ2v) is 4.37. The molecule has 0 spiro atoms. The van der Waals surface area contributed by atoms with Crippen LogP contribution in [-0.4, -0.2) is 11.7 Å². The van der Waals surface area contributed by atoms with Crippen molar-refractivity contribution in [3.63, 3.8) is 0 Å². The molecule has 0 aromatic heterocycles. The lowest BCUT2D eigenvalue weighted by molar-refractivity contribution is -0.0297. The van der Waals surface area contributed by atoms with E-state index in [9.17, 15) is 9.50 Å². The van der Waals surface area contributed by atoms with Gasteiger partial charge in [0.1, 0.15) is 5.82 Å². The second kappa shape index (κ2) is 3.91. The number of aliphatic hydroxyl groups excluding tert-OH is 1. The first-order chi connectivity index (χ1) is 7.18. The number of hydrogen-bond acceptors (Lipinski definition) is 2. The molecule has 1 saturated carbocycles. The third-order valence-corrected chi connectivity index (χ3v) is 3.52. The monoisotopic (exact) mass is 209 g/mol. The van der Waals surface area contributed by atoms with Crippen LogP contribution in [0.25, 0.3) is 0 Å². The van der Waals surface area contributed by atoms with E-state index >= 15 is 0 Å². The van der Waals surface area contributed by atoms with Crippen molar-refractivity contribution in [2.45, 2.75) is 25.4 Å². The lowest BCUT2D eigenvalue weighted by Crippen LogP contribution is -2.42. The molecule has 15 heavy (non-hydrogen) atoms. The Morgan fingerprint density at radius 2 is 1.93 bits per heavy atom. The van der Waals surface area contributed by atoms with Gasteiger partial charge in [-0.1, -0.05) is 18.6 Å². The van der Waals surface area contributed by atoms with E-state index in [1.165, 1.54) is 12.1 Å². The highest BCUT2D eigenvalue weighted by molar-refractivity contribution is 5.21. The first kappa shape index (κ1) is 10.6. The maximum atomic E-state index is 12.7. The summed E-state index contributed by atoms with van der Waals surface area (Å²) in [5.41, 5.74) is 6.30. The van der Waals surface area contributed by atoms with Gasteiger partial charge >= 0.3 is 0 Å². The minimum Gasteiger partial charge on any atom is -0.388 e. The fraction of sp³-hybridized carbons (Fsp3) is 0.500. The second-order valence-electron chi connectivity index (χ2n) is 4.37. The summed E-state index contributed by atoms with van der Waals surface area (Å²) in [6, 6.07) is 6.02. The van der Waals surface area contributed by atoms with Crippen molar-refractivity contribution in [1.82, 2.24) is 0 Å². The van der Waals surface area contributed by atoms with Gasteiger partial charge in [-0.15, -0.1) is 0 Å². The molecule has 1 aliphatic rings. The van der Waals surface area contributed by atoms with E-state index in [4.69, 9.17) is 5.73 Å². The molecule has 1 fully saturated rings. The summed E-state index contributed by atoms with van der Waals surface area (Å²) in [5, 5.41) is 10.2. The standard InChI is InChI=1S/C12H16FNO/c13-10-4-2-9(3-5-10)11(15)12(8-14)6-1-7-12/h2-5,11,15H,1,6-8,14H2. The highest BCUT2D eigenvalue weighted by Crippen LogP contribution is 2.49. The summed E-state index contributed by atoms with van der Waals surface area (Å²) >= 11 is 0. The lowest BCUT2D eigenvalue weighted by atomic mass is 9.63. The third-order valence-electron chi connectivity index (χ3n) is 3.52. The number of aliphatic hydroxyl groups is 1. The van der Waals surface area contributed by atoms with Gasteiger partial charge in [0.25, 0.3) is 0 Å². The average Bonchev–Trinajstić information content (AvgIpc) is 2.18. The zero-order valence-corrected chi connectivity index (χ0v) is 8.62. The van der Waals surface area contributed by atoms with Gasteiger partial charge in [0.15, 0.2) is 0 Å². The van der Waals surface area contributed by atoms with Crippen molar-refractivity contribution in [2.24, 2.45) is 11.1 Å². The van der Waals surface area contributed by atoms with Crippen LogP contribution in [0.15, 0.2) is 24.3 Å². The van der Waals surface area contributed by atoms with Crippen LogP contribution < -0.4 is 5.73 Å². The van der Waals surface area contributed by atoms with E-state index in [1.54, 1.807) is 12.1 Å². The predicted octanol–water partition coefficient (Wildman–Crippen LogP) is 1.99. The Balaban J connectivity index is 2.19. The molecule has 0 radical (unpaired) electrons. The summed E-state index contributed by atoms with van der Waals surface area (Å²) in [5.74, 6) is -0.277. The van der Waals surface area contributed by atoms with E-state index in [0.29, 0.717) is 6.54 Å². The number of hydrogen-bond donors (Lipinski definition) is 2. The zero-order valence-electron chi connectivity index (χ0n) is 8.62. The number of rotatable bonds is 3. The molecule has 1 aromatic rings. The van der Waals surface area contributed by atoms with Crippen molar-refractivity contribution >= 4 is 0 Å². The quantitative estimate of drug-likeness (QED) is 0.799. The molecule has 1 atom stereocenters. The summed E-state index contributed by atoms with van der Waals surface area (Å²) in [7, 11) is 0. The Morgan fingerprint density at radius 3 is 2.33 bits per heavy atom. The van der Waals surface area contributed by atoms with Gasteiger partial charge in [-0.05, 0) is 30.5 Å². The summed E-state index contributed by atoms with van der Waals surface area (Å²) in [6.45, 7) is 0.492. The largest absolute Gasteiger partial charge is 0.388 e. The molecule has 2 nitrogen and oxygen atoms in total. The first-order valence-electron chi connectivity index (χ1n) is 5.31. The van der Waals surface area contributed by atoms with E-state index in [-0.39, 0.29) is 11.2 Å². The fourth-order valence-electron chi connectivity index (χ4n) is 2.22. The molecule has 0 amide bonds. The van der Waals surface area contributed by atoms with Crippen LogP contribution in [0.4, 0.5) is 4.39 Å². The summed E-state index contributed by atoms with van der Waals surface area (Å²) in [4.78, 5) is 0. The minimum atomic E-state index is -0.558. The molecule has 3 heteroatoms. The Hall–Kier alpha value is -0.930. The van der Waals surface area contributed by atoms with Gasteiger partial charge < -0.3 is 10.8 Å².